The van der Waals surface area contributed by atoms with Crippen molar-refractivity contribution in [3.63, 3.8) is 0 Å². The molecule has 0 spiro atoms. The maximum Gasteiger partial charge on any atom is 0.225 e. The molecule has 4 nitrogen and oxygen atoms in total. The molecule has 110 valence electrons. The van der Waals surface area contributed by atoms with Gasteiger partial charge in [0.25, 0.3) is 0 Å². The molecule has 1 N–H and O–H groups in total. The van der Waals surface area contributed by atoms with Crippen molar-refractivity contribution in [3.05, 3.63) is 52.8 Å². The van der Waals surface area contributed by atoms with Crippen LogP contribution in [0.5, 0.6) is 0 Å². The maximum atomic E-state index is 4.35. The van der Waals surface area contributed by atoms with Gasteiger partial charge in [0.1, 0.15) is 0 Å². The quantitative estimate of drug-likeness (QED) is 0.923. The van der Waals surface area contributed by atoms with Crippen LogP contribution < -0.4 is 10.2 Å². The van der Waals surface area contributed by atoms with Crippen LogP contribution in [0.1, 0.15) is 18.4 Å². The van der Waals surface area contributed by atoms with Crippen LogP contribution in [0.3, 0.4) is 0 Å². The summed E-state index contributed by atoms with van der Waals surface area (Å²) in [6.07, 6.45) is 5.99. The molecule has 0 aliphatic carbocycles. The fraction of sp³-hybridized carbons (Fsp3) is 0.375. The van der Waals surface area contributed by atoms with Gasteiger partial charge in [-0.2, -0.15) is 0 Å². The molecule has 1 fully saturated rings. The molecule has 5 heteroatoms. The summed E-state index contributed by atoms with van der Waals surface area (Å²) in [6, 6.07) is 10.7. The minimum Gasteiger partial charge on any atom is -0.339 e. The van der Waals surface area contributed by atoms with Gasteiger partial charge in [-0.3, -0.25) is 0 Å². The third-order valence-corrected chi connectivity index (χ3v) is 4.57. The Hall–Kier alpha value is -1.46. The van der Waals surface area contributed by atoms with E-state index in [-0.39, 0.29) is 0 Å². The van der Waals surface area contributed by atoms with E-state index in [4.69, 9.17) is 0 Å². The van der Waals surface area contributed by atoms with E-state index in [9.17, 15) is 0 Å². The van der Waals surface area contributed by atoms with Crippen LogP contribution in [-0.2, 0) is 6.54 Å². The van der Waals surface area contributed by atoms with Gasteiger partial charge in [-0.15, -0.1) is 0 Å². The maximum absolute atomic E-state index is 4.35. The van der Waals surface area contributed by atoms with Crippen LogP contribution in [0.4, 0.5) is 5.95 Å². The van der Waals surface area contributed by atoms with Gasteiger partial charge in [-0.1, -0.05) is 34.1 Å². The van der Waals surface area contributed by atoms with Gasteiger partial charge >= 0.3 is 0 Å². The Kier molecular flexibility index (Phi) is 4.83. The van der Waals surface area contributed by atoms with E-state index in [1.165, 1.54) is 18.4 Å². The van der Waals surface area contributed by atoms with Crippen molar-refractivity contribution < 1.29 is 0 Å². The summed E-state index contributed by atoms with van der Waals surface area (Å²) in [5.74, 6) is 0.838. The van der Waals surface area contributed by atoms with Gasteiger partial charge in [-0.05, 0) is 30.5 Å². The Labute approximate surface area is 133 Å². The molecule has 1 aliphatic rings. The largest absolute Gasteiger partial charge is 0.339 e. The second-order valence-electron chi connectivity index (χ2n) is 5.31. The average Bonchev–Trinajstić information content (AvgIpc) is 2.55. The number of benzene rings is 1. The fourth-order valence-electron chi connectivity index (χ4n) is 2.68. The first-order valence-electron chi connectivity index (χ1n) is 7.31. The van der Waals surface area contributed by atoms with Crippen molar-refractivity contribution >= 4 is 21.9 Å². The van der Waals surface area contributed by atoms with E-state index >= 15 is 0 Å². The molecule has 1 aliphatic heterocycles. The lowest BCUT2D eigenvalue weighted by Crippen LogP contribution is -2.46. The van der Waals surface area contributed by atoms with Gasteiger partial charge in [0.15, 0.2) is 0 Å². The van der Waals surface area contributed by atoms with Crippen LogP contribution in [0.25, 0.3) is 0 Å². The molecule has 1 atom stereocenters. The van der Waals surface area contributed by atoms with Crippen molar-refractivity contribution in [2.24, 2.45) is 0 Å². The SMILES string of the molecule is Brc1ccccc1CNC1CCCN(c2ncccn2)C1. The number of halogens is 1. The molecule has 1 aromatic heterocycles. The van der Waals surface area contributed by atoms with E-state index in [0.717, 1.165) is 30.1 Å². The van der Waals surface area contributed by atoms with Crippen LogP contribution >= 0.6 is 15.9 Å². The minimum absolute atomic E-state index is 0.481. The molecule has 2 aromatic rings. The molecule has 0 radical (unpaired) electrons. The Balaban J connectivity index is 1.58. The average molecular weight is 347 g/mol. The van der Waals surface area contributed by atoms with E-state index in [0.29, 0.717) is 6.04 Å². The second-order valence-corrected chi connectivity index (χ2v) is 6.16. The van der Waals surface area contributed by atoms with E-state index in [1.807, 2.05) is 12.1 Å². The third-order valence-electron chi connectivity index (χ3n) is 3.80. The number of piperidine rings is 1. The Morgan fingerprint density at radius 1 is 1.19 bits per heavy atom. The molecule has 0 bridgehead atoms. The third kappa shape index (κ3) is 3.80. The molecule has 0 saturated carbocycles. The number of anilines is 1. The van der Waals surface area contributed by atoms with Crippen LogP contribution in [0, 0.1) is 0 Å². The first-order valence-corrected chi connectivity index (χ1v) is 8.11. The zero-order valence-corrected chi connectivity index (χ0v) is 13.5. The standard InChI is InChI=1S/C16H19BrN4/c17-15-7-2-1-5-13(15)11-20-14-6-3-10-21(12-14)16-18-8-4-9-19-16/h1-2,4-5,7-9,14,20H,3,6,10-12H2. The van der Waals surface area contributed by atoms with Gasteiger partial charge in [0, 0.05) is 42.5 Å². The number of rotatable bonds is 4. The molecular weight excluding hydrogens is 328 g/mol. The first-order chi connectivity index (χ1) is 10.3. The molecule has 1 saturated heterocycles. The van der Waals surface area contributed by atoms with E-state index in [1.54, 1.807) is 12.4 Å². The Morgan fingerprint density at radius 3 is 2.81 bits per heavy atom. The second kappa shape index (κ2) is 7.00. The normalized spacial score (nSPS) is 18.7. The molecule has 2 heterocycles. The zero-order valence-electron chi connectivity index (χ0n) is 11.9. The highest BCUT2D eigenvalue weighted by Crippen LogP contribution is 2.18. The molecule has 1 aromatic carbocycles. The lowest BCUT2D eigenvalue weighted by atomic mass is 10.1. The smallest absolute Gasteiger partial charge is 0.225 e. The first kappa shape index (κ1) is 14.5. The van der Waals surface area contributed by atoms with Crippen molar-refractivity contribution in [1.82, 2.24) is 15.3 Å². The molecule has 0 amide bonds. The molecule has 3 rings (SSSR count). The van der Waals surface area contributed by atoms with Gasteiger partial charge in [0.2, 0.25) is 5.95 Å². The monoisotopic (exact) mass is 346 g/mol. The van der Waals surface area contributed by atoms with Gasteiger partial charge in [-0.25, -0.2) is 9.97 Å². The number of hydrogen-bond acceptors (Lipinski definition) is 4. The summed E-state index contributed by atoms with van der Waals surface area (Å²) in [4.78, 5) is 11.0. The summed E-state index contributed by atoms with van der Waals surface area (Å²) in [5, 5.41) is 3.65. The lowest BCUT2D eigenvalue weighted by molar-refractivity contribution is 0.418. The predicted molar refractivity (Wildman–Crippen MR) is 88.2 cm³/mol. The van der Waals surface area contributed by atoms with Crippen molar-refractivity contribution in [1.29, 1.82) is 0 Å². The summed E-state index contributed by atoms with van der Waals surface area (Å²) >= 11 is 3.60. The van der Waals surface area contributed by atoms with Crippen LogP contribution in [-0.4, -0.2) is 29.1 Å². The van der Waals surface area contributed by atoms with Gasteiger partial charge in [0.05, 0.1) is 0 Å². The van der Waals surface area contributed by atoms with Crippen molar-refractivity contribution in [2.45, 2.75) is 25.4 Å². The summed E-state index contributed by atoms with van der Waals surface area (Å²) < 4.78 is 1.16. The number of aromatic nitrogens is 2. The highest BCUT2D eigenvalue weighted by atomic mass is 79.9. The van der Waals surface area contributed by atoms with E-state index in [2.05, 4.69) is 54.3 Å². The number of nitrogens with one attached hydrogen (secondary N) is 1. The summed E-state index contributed by atoms with van der Waals surface area (Å²) in [7, 11) is 0. The van der Waals surface area contributed by atoms with Gasteiger partial charge < -0.3 is 10.2 Å². The highest BCUT2D eigenvalue weighted by molar-refractivity contribution is 9.10. The minimum atomic E-state index is 0.481. The number of hydrogen-bond donors (Lipinski definition) is 1. The van der Waals surface area contributed by atoms with Crippen LogP contribution in [0.15, 0.2) is 47.2 Å². The van der Waals surface area contributed by atoms with Crippen molar-refractivity contribution in [3.8, 4) is 0 Å². The fourth-order valence-corrected chi connectivity index (χ4v) is 3.10. The summed E-state index contributed by atoms with van der Waals surface area (Å²) in [6.45, 7) is 2.89. The summed E-state index contributed by atoms with van der Waals surface area (Å²) in [5.41, 5.74) is 1.30. The van der Waals surface area contributed by atoms with E-state index < -0.39 is 0 Å². The molecule has 1 unspecified atom stereocenters. The zero-order chi connectivity index (χ0) is 14.5. The van der Waals surface area contributed by atoms with Crippen LogP contribution in [0.2, 0.25) is 0 Å². The molecular formula is C16H19BrN4. The highest BCUT2D eigenvalue weighted by Gasteiger charge is 2.21. The number of nitrogens with zero attached hydrogens (tertiary/aromatic N) is 3. The molecule has 21 heavy (non-hydrogen) atoms. The Bertz CT molecular complexity index is 575. The van der Waals surface area contributed by atoms with Crippen molar-refractivity contribution in [2.75, 3.05) is 18.0 Å². The predicted octanol–water partition coefficient (Wildman–Crippen LogP) is 3.00. The topological polar surface area (TPSA) is 41.0 Å². The Morgan fingerprint density at radius 2 is 2.00 bits per heavy atom. The lowest BCUT2D eigenvalue weighted by Gasteiger charge is -2.33.